The Balaban J connectivity index is 2.05. The van der Waals surface area contributed by atoms with E-state index in [-0.39, 0.29) is 17.9 Å². The molecular weight excluding hydrogens is 234 g/mol. The maximum Gasteiger partial charge on any atom is 0.411 e. The molecule has 0 spiro atoms. The topological polar surface area (TPSA) is 55.8 Å². The number of esters is 1. The molecule has 3 atom stereocenters. The number of hydrogen-bond donors (Lipinski definition) is 0. The Labute approximate surface area is 107 Å². The van der Waals surface area contributed by atoms with Crippen molar-refractivity contribution in [1.82, 2.24) is 4.90 Å². The van der Waals surface area contributed by atoms with Crippen molar-refractivity contribution in [2.24, 2.45) is 5.92 Å². The summed E-state index contributed by atoms with van der Waals surface area (Å²) in [4.78, 5) is 25.3. The molecule has 5 nitrogen and oxygen atoms in total. The zero-order chi connectivity index (χ0) is 13.5. The van der Waals surface area contributed by atoms with Crippen LogP contribution in [0.5, 0.6) is 0 Å². The Bertz CT molecular complexity index is 396. The molecule has 0 aromatic heterocycles. The van der Waals surface area contributed by atoms with Gasteiger partial charge in [0.15, 0.2) is 0 Å². The van der Waals surface area contributed by atoms with Crippen LogP contribution >= 0.6 is 0 Å². The van der Waals surface area contributed by atoms with Gasteiger partial charge in [-0.1, -0.05) is 12.2 Å². The molecule has 1 saturated heterocycles. The van der Waals surface area contributed by atoms with Gasteiger partial charge in [-0.3, -0.25) is 4.90 Å². The van der Waals surface area contributed by atoms with Crippen molar-refractivity contribution in [2.75, 3.05) is 6.61 Å². The van der Waals surface area contributed by atoms with E-state index in [1.54, 1.807) is 27.7 Å². The smallest absolute Gasteiger partial charge is 0.411 e. The second-order valence-corrected chi connectivity index (χ2v) is 5.54. The normalized spacial score (nSPS) is 28.9. The molecule has 1 aliphatic heterocycles. The first-order valence-electron chi connectivity index (χ1n) is 6.21. The summed E-state index contributed by atoms with van der Waals surface area (Å²) in [7, 11) is 0. The molecule has 0 radical (unpaired) electrons. The van der Waals surface area contributed by atoms with Gasteiger partial charge < -0.3 is 9.47 Å². The summed E-state index contributed by atoms with van der Waals surface area (Å²) in [5.41, 5.74) is -0.561. The van der Waals surface area contributed by atoms with E-state index in [0.717, 1.165) is 0 Å². The summed E-state index contributed by atoms with van der Waals surface area (Å²) in [5.74, 6) is -0.259. The first-order chi connectivity index (χ1) is 8.35. The van der Waals surface area contributed by atoms with E-state index in [4.69, 9.17) is 9.47 Å². The molecule has 0 N–H and O–H groups in total. The van der Waals surface area contributed by atoms with Crippen molar-refractivity contribution in [3.05, 3.63) is 12.2 Å². The molecule has 0 bridgehead atoms. The molecule has 18 heavy (non-hydrogen) atoms. The maximum absolute atomic E-state index is 12.0. The van der Waals surface area contributed by atoms with Crippen LogP contribution in [0.2, 0.25) is 0 Å². The zero-order valence-corrected chi connectivity index (χ0v) is 11.2. The number of carbonyl (C=O) groups excluding carboxylic acids is 2. The molecule has 2 aliphatic rings. The summed E-state index contributed by atoms with van der Waals surface area (Å²) in [6, 6.07) is -0.524. The maximum atomic E-state index is 12.0. The second-order valence-electron chi connectivity index (χ2n) is 5.54. The number of carbonyl (C=O) groups is 2. The van der Waals surface area contributed by atoms with Gasteiger partial charge in [0.1, 0.15) is 11.6 Å². The van der Waals surface area contributed by atoms with Crippen molar-refractivity contribution in [3.63, 3.8) is 0 Å². The lowest BCUT2D eigenvalue weighted by Crippen LogP contribution is -2.71. The Kier molecular flexibility index (Phi) is 3.09. The Hall–Kier alpha value is -1.52. The summed E-state index contributed by atoms with van der Waals surface area (Å²) in [6.45, 7) is 7.48. The third-order valence-electron chi connectivity index (χ3n) is 3.04. The molecule has 100 valence electrons. The minimum absolute atomic E-state index is 0.00532. The van der Waals surface area contributed by atoms with Gasteiger partial charge in [0, 0.05) is 5.92 Å². The molecule has 1 amide bonds. The van der Waals surface area contributed by atoms with Crippen molar-refractivity contribution in [1.29, 1.82) is 0 Å². The number of likely N-dealkylation sites (tertiary alicyclic amines) is 1. The molecular formula is C13H19NO4. The number of amides is 1. The number of hydrogen-bond acceptors (Lipinski definition) is 4. The van der Waals surface area contributed by atoms with Crippen LogP contribution in [0.15, 0.2) is 12.2 Å². The largest absolute Gasteiger partial charge is 0.464 e. The van der Waals surface area contributed by atoms with Gasteiger partial charge in [0.25, 0.3) is 0 Å². The fourth-order valence-corrected chi connectivity index (χ4v) is 2.23. The van der Waals surface area contributed by atoms with E-state index in [2.05, 4.69) is 0 Å². The summed E-state index contributed by atoms with van der Waals surface area (Å²) >= 11 is 0. The number of ether oxygens (including phenoxy) is 2. The SMILES string of the molecule is CCOC(=O)[C@H]1C2C=C[C@@H]2N1C(=O)OC(C)(C)C. The lowest BCUT2D eigenvalue weighted by molar-refractivity contribution is -0.161. The van der Waals surface area contributed by atoms with E-state index >= 15 is 0 Å². The van der Waals surface area contributed by atoms with Gasteiger partial charge in [0.05, 0.1) is 12.6 Å². The molecule has 2 rings (SSSR count). The molecule has 0 aromatic rings. The van der Waals surface area contributed by atoms with E-state index in [1.807, 2.05) is 12.2 Å². The lowest BCUT2D eigenvalue weighted by Gasteiger charge is -2.55. The molecule has 1 unspecified atom stereocenters. The number of nitrogens with zero attached hydrogens (tertiary/aromatic N) is 1. The van der Waals surface area contributed by atoms with Crippen LogP contribution in [0, 0.1) is 5.92 Å². The van der Waals surface area contributed by atoms with Crippen LogP contribution in [0.1, 0.15) is 27.7 Å². The Morgan fingerprint density at radius 1 is 1.28 bits per heavy atom. The van der Waals surface area contributed by atoms with Crippen LogP contribution in [-0.4, -0.2) is 41.3 Å². The van der Waals surface area contributed by atoms with Crippen LogP contribution in [0.3, 0.4) is 0 Å². The van der Waals surface area contributed by atoms with Gasteiger partial charge in [0.2, 0.25) is 0 Å². The van der Waals surface area contributed by atoms with Crippen molar-refractivity contribution in [3.8, 4) is 0 Å². The van der Waals surface area contributed by atoms with Gasteiger partial charge in [-0.25, -0.2) is 9.59 Å². The van der Waals surface area contributed by atoms with Crippen molar-refractivity contribution < 1.29 is 19.1 Å². The van der Waals surface area contributed by atoms with Crippen LogP contribution in [0.25, 0.3) is 0 Å². The van der Waals surface area contributed by atoms with E-state index < -0.39 is 17.7 Å². The average molecular weight is 253 g/mol. The molecule has 0 aromatic carbocycles. The highest BCUT2D eigenvalue weighted by Crippen LogP contribution is 2.42. The minimum atomic E-state index is -0.561. The quantitative estimate of drug-likeness (QED) is 0.555. The third-order valence-corrected chi connectivity index (χ3v) is 3.04. The highest BCUT2D eigenvalue weighted by atomic mass is 16.6. The van der Waals surface area contributed by atoms with Gasteiger partial charge in [-0.15, -0.1) is 0 Å². The van der Waals surface area contributed by atoms with Crippen LogP contribution < -0.4 is 0 Å². The Morgan fingerprint density at radius 2 is 1.94 bits per heavy atom. The second kappa shape index (κ2) is 4.30. The molecule has 1 aliphatic carbocycles. The predicted molar refractivity (Wildman–Crippen MR) is 64.9 cm³/mol. The predicted octanol–water partition coefficient (Wildman–Crippen LogP) is 1.72. The fraction of sp³-hybridized carbons (Fsp3) is 0.692. The summed E-state index contributed by atoms with van der Waals surface area (Å²) < 4.78 is 10.3. The highest BCUT2D eigenvalue weighted by Gasteiger charge is 2.57. The number of rotatable bonds is 2. The summed E-state index contributed by atoms with van der Waals surface area (Å²) in [6.07, 6.45) is 3.39. The Morgan fingerprint density at radius 3 is 2.39 bits per heavy atom. The van der Waals surface area contributed by atoms with E-state index in [9.17, 15) is 9.59 Å². The van der Waals surface area contributed by atoms with Gasteiger partial charge >= 0.3 is 12.1 Å². The lowest BCUT2D eigenvalue weighted by atomic mass is 9.72. The zero-order valence-electron chi connectivity index (χ0n) is 11.2. The van der Waals surface area contributed by atoms with Crippen LogP contribution in [0.4, 0.5) is 4.79 Å². The standard InChI is InChI=1S/C13H19NO4/c1-5-17-11(15)10-8-6-7-9(8)14(10)12(16)18-13(2,3)4/h6-10H,5H2,1-4H3/t8?,9-,10+/m0/s1. The highest BCUT2D eigenvalue weighted by molar-refractivity contribution is 5.86. The minimum Gasteiger partial charge on any atom is -0.464 e. The van der Waals surface area contributed by atoms with Crippen molar-refractivity contribution >= 4 is 12.1 Å². The van der Waals surface area contributed by atoms with E-state index in [0.29, 0.717) is 6.61 Å². The van der Waals surface area contributed by atoms with Crippen molar-refractivity contribution in [2.45, 2.75) is 45.4 Å². The van der Waals surface area contributed by atoms with Crippen LogP contribution in [-0.2, 0) is 14.3 Å². The molecule has 1 fully saturated rings. The average Bonchev–Trinajstić information content (AvgIpc) is 2.18. The third kappa shape index (κ3) is 2.09. The van der Waals surface area contributed by atoms with Gasteiger partial charge in [-0.05, 0) is 27.7 Å². The first kappa shape index (κ1) is 12.9. The van der Waals surface area contributed by atoms with E-state index in [1.165, 1.54) is 4.90 Å². The monoisotopic (exact) mass is 253 g/mol. The number of fused-ring (bicyclic) bond motifs is 1. The molecule has 1 heterocycles. The molecule has 0 saturated carbocycles. The van der Waals surface area contributed by atoms with Gasteiger partial charge in [-0.2, -0.15) is 0 Å². The first-order valence-corrected chi connectivity index (χ1v) is 6.21. The fourth-order valence-electron chi connectivity index (χ4n) is 2.23. The molecule has 5 heteroatoms. The summed E-state index contributed by atoms with van der Waals surface area (Å²) in [5, 5.41) is 0.